The van der Waals surface area contributed by atoms with Crippen molar-refractivity contribution in [3.05, 3.63) is 28.2 Å². The average molecular weight is 355 g/mol. The van der Waals surface area contributed by atoms with Crippen LogP contribution in [0.4, 0.5) is 10.5 Å². The number of hydrogen-bond donors (Lipinski definition) is 3. The molecule has 0 radical (unpaired) electrons. The predicted octanol–water partition coefficient (Wildman–Crippen LogP) is 3.99. The van der Waals surface area contributed by atoms with Crippen molar-refractivity contribution in [2.24, 2.45) is 0 Å². The summed E-state index contributed by atoms with van der Waals surface area (Å²) in [5.74, 6) is -1.06. The highest BCUT2D eigenvalue weighted by molar-refractivity contribution is 9.10. The van der Waals surface area contributed by atoms with Crippen LogP contribution in [0.25, 0.3) is 0 Å². The molecule has 2 amide bonds. The smallest absolute Gasteiger partial charge is 0.337 e. The molecule has 0 heterocycles. The fraction of sp³-hybridized carbons (Fsp3) is 0.467. The lowest BCUT2D eigenvalue weighted by molar-refractivity contribution is 0.0698. The number of carboxylic acid groups (broad SMARTS) is 1. The Morgan fingerprint density at radius 3 is 2.43 bits per heavy atom. The van der Waals surface area contributed by atoms with Crippen LogP contribution in [0, 0.1) is 0 Å². The molecule has 6 heteroatoms. The van der Waals surface area contributed by atoms with Gasteiger partial charge in [0.1, 0.15) is 0 Å². The zero-order valence-electron chi connectivity index (χ0n) is 11.7. The van der Waals surface area contributed by atoms with E-state index in [1.807, 2.05) is 0 Å². The molecule has 1 aromatic carbocycles. The van der Waals surface area contributed by atoms with Crippen molar-refractivity contribution >= 4 is 33.6 Å². The van der Waals surface area contributed by atoms with Gasteiger partial charge in [-0.15, -0.1) is 0 Å². The Bertz CT molecular complexity index is 526. The number of nitrogens with one attached hydrogen (secondary N) is 2. The number of hydrogen-bond acceptors (Lipinski definition) is 2. The summed E-state index contributed by atoms with van der Waals surface area (Å²) in [6.07, 6.45) is 6.66. The predicted molar refractivity (Wildman–Crippen MR) is 84.7 cm³/mol. The van der Waals surface area contributed by atoms with Crippen LogP contribution < -0.4 is 10.6 Å². The maximum Gasteiger partial charge on any atom is 0.337 e. The summed E-state index contributed by atoms with van der Waals surface area (Å²) in [7, 11) is 0. The van der Waals surface area contributed by atoms with Crippen LogP contribution >= 0.6 is 15.9 Å². The number of anilines is 1. The fourth-order valence-electron chi connectivity index (χ4n) is 2.57. The first-order chi connectivity index (χ1) is 10.1. The topological polar surface area (TPSA) is 78.4 Å². The van der Waals surface area contributed by atoms with Crippen molar-refractivity contribution in [1.29, 1.82) is 0 Å². The second kappa shape index (κ2) is 7.45. The summed E-state index contributed by atoms with van der Waals surface area (Å²) in [5.41, 5.74) is 0.372. The normalized spacial score (nSPS) is 16.0. The molecule has 21 heavy (non-hydrogen) atoms. The van der Waals surface area contributed by atoms with Crippen LogP contribution in [0.2, 0.25) is 0 Å². The Hall–Kier alpha value is -1.56. The molecule has 5 nitrogen and oxygen atoms in total. The van der Waals surface area contributed by atoms with E-state index in [9.17, 15) is 9.59 Å². The van der Waals surface area contributed by atoms with E-state index in [-0.39, 0.29) is 17.6 Å². The zero-order valence-corrected chi connectivity index (χ0v) is 13.3. The number of amides is 2. The summed E-state index contributed by atoms with van der Waals surface area (Å²) < 4.78 is 0.720. The number of aromatic carboxylic acids is 1. The first-order valence-electron chi connectivity index (χ1n) is 7.16. The Kier molecular flexibility index (Phi) is 5.61. The molecule has 3 N–H and O–H groups in total. The van der Waals surface area contributed by atoms with Gasteiger partial charge in [-0.2, -0.15) is 0 Å². The van der Waals surface area contributed by atoms with Crippen molar-refractivity contribution in [1.82, 2.24) is 5.32 Å². The van der Waals surface area contributed by atoms with Gasteiger partial charge >= 0.3 is 12.0 Å². The lowest BCUT2D eigenvalue weighted by atomic mass is 10.1. The Morgan fingerprint density at radius 2 is 1.81 bits per heavy atom. The molecule has 1 saturated carbocycles. The van der Waals surface area contributed by atoms with Gasteiger partial charge in [0.05, 0.1) is 11.3 Å². The van der Waals surface area contributed by atoms with Gasteiger partial charge in [0, 0.05) is 10.5 Å². The van der Waals surface area contributed by atoms with Crippen molar-refractivity contribution < 1.29 is 14.7 Å². The van der Waals surface area contributed by atoms with Crippen molar-refractivity contribution in [2.45, 2.75) is 44.6 Å². The Labute approximate surface area is 132 Å². The van der Waals surface area contributed by atoms with E-state index in [4.69, 9.17) is 5.11 Å². The first kappa shape index (κ1) is 15.8. The third-order valence-electron chi connectivity index (χ3n) is 3.65. The number of rotatable bonds is 3. The van der Waals surface area contributed by atoms with Crippen molar-refractivity contribution in [2.75, 3.05) is 5.32 Å². The van der Waals surface area contributed by atoms with Gasteiger partial charge in [-0.1, -0.05) is 41.6 Å². The molecule has 0 saturated heterocycles. The number of urea groups is 1. The first-order valence-corrected chi connectivity index (χ1v) is 7.96. The van der Waals surface area contributed by atoms with E-state index in [0.717, 1.165) is 30.2 Å². The van der Waals surface area contributed by atoms with Gasteiger partial charge in [0.2, 0.25) is 0 Å². The van der Waals surface area contributed by atoms with Crippen LogP contribution in [0.15, 0.2) is 22.7 Å². The Morgan fingerprint density at radius 1 is 1.14 bits per heavy atom. The minimum atomic E-state index is -1.06. The standard InChI is InChI=1S/C15H19BrN2O3/c16-10-7-8-12(14(19)20)13(9-10)18-15(21)17-11-5-3-1-2-4-6-11/h7-9,11H,1-6H2,(H,19,20)(H2,17,18,21). The van der Waals surface area contributed by atoms with Crippen LogP contribution in [-0.2, 0) is 0 Å². The zero-order chi connectivity index (χ0) is 15.2. The average Bonchev–Trinajstić information content (AvgIpc) is 2.66. The monoisotopic (exact) mass is 354 g/mol. The number of carbonyl (C=O) groups is 2. The molecular weight excluding hydrogens is 336 g/mol. The minimum absolute atomic E-state index is 0.0780. The number of benzene rings is 1. The Balaban J connectivity index is 2.01. The van der Waals surface area contributed by atoms with Crippen LogP contribution in [0.5, 0.6) is 0 Å². The number of halogens is 1. The molecule has 2 rings (SSSR count). The maximum atomic E-state index is 12.0. The lowest BCUT2D eigenvalue weighted by Gasteiger charge is -2.17. The SMILES string of the molecule is O=C(Nc1cc(Br)ccc1C(=O)O)NC1CCCCCC1. The summed E-state index contributed by atoms with van der Waals surface area (Å²) in [6.45, 7) is 0. The van der Waals surface area contributed by atoms with Gasteiger partial charge in [0.15, 0.2) is 0 Å². The van der Waals surface area contributed by atoms with Gasteiger partial charge in [-0.3, -0.25) is 0 Å². The molecule has 1 aliphatic rings. The van der Waals surface area contributed by atoms with Gasteiger partial charge in [-0.25, -0.2) is 9.59 Å². The summed E-state index contributed by atoms with van der Waals surface area (Å²) in [6, 6.07) is 4.53. The third kappa shape index (κ3) is 4.74. The van der Waals surface area contributed by atoms with E-state index < -0.39 is 5.97 Å². The van der Waals surface area contributed by atoms with Gasteiger partial charge < -0.3 is 15.7 Å². The maximum absolute atomic E-state index is 12.0. The van der Waals surface area contributed by atoms with Crippen LogP contribution in [0.1, 0.15) is 48.9 Å². The van der Waals surface area contributed by atoms with Crippen LogP contribution in [-0.4, -0.2) is 23.1 Å². The molecule has 114 valence electrons. The summed E-state index contributed by atoms with van der Waals surface area (Å²) in [5, 5.41) is 14.7. The molecule has 1 aliphatic carbocycles. The second-order valence-electron chi connectivity index (χ2n) is 5.28. The highest BCUT2D eigenvalue weighted by Gasteiger charge is 2.17. The number of carboxylic acids is 1. The van der Waals surface area contributed by atoms with Crippen molar-refractivity contribution in [3.8, 4) is 0 Å². The van der Waals surface area contributed by atoms with Crippen molar-refractivity contribution in [3.63, 3.8) is 0 Å². The highest BCUT2D eigenvalue weighted by atomic mass is 79.9. The molecule has 0 atom stereocenters. The largest absolute Gasteiger partial charge is 0.478 e. The molecule has 0 bridgehead atoms. The minimum Gasteiger partial charge on any atom is -0.478 e. The van der Waals surface area contributed by atoms with E-state index in [2.05, 4.69) is 26.6 Å². The van der Waals surface area contributed by atoms with Gasteiger partial charge in [0.25, 0.3) is 0 Å². The summed E-state index contributed by atoms with van der Waals surface area (Å²) in [4.78, 5) is 23.2. The molecule has 0 aromatic heterocycles. The molecule has 0 spiro atoms. The molecule has 1 fully saturated rings. The highest BCUT2D eigenvalue weighted by Crippen LogP contribution is 2.22. The second-order valence-corrected chi connectivity index (χ2v) is 6.20. The van der Waals surface area contributed by atoms with Gasteiger partial charge in [-0.05, 0) is 31.0 Å². The van der Waals surface area contributed by atoms with E-state index in [1.54, 1.807) is 12.1 Å². The van der Waals surface area contributed by atoms with E-state index >= 15 is 0 Å². The summed E-state index contributed by atoms with van der Waals surface area (Å²) >= 11 is 3.28. The number of carbonyl (C=O) groups excluding carboxylic acids is 1. The molecular formula is C15H19BrN2O3. The third-order valence-corrected chi connectivity index (χ3v) is 4.14. The molecule has 0 aliphatic heterocycles. The van der Waals surface area contributed by atoms with E-state index in [1.165, 1.54) is 18.9 Å². The fourth-order valence-corrected chi connectivity index (χ4v) is 2.93. The molecule has 0 unspecified atom stereocenters. The van der Waals surface area contributed by atoms with E-state index in [0.29, 0.717) is 5.69 Å². The lowest BCUT2D eigenvalue weighted by Crippen LogP contribution is -2.37. The van der Waals surface area contributed by atoms with Crippen LogP contribution in [0.3, 0.4) is 0 Å². The molecule has 1 aromatic rings. The quantitative estimate of drug-likeness (QED) is 0.718.